The van der Waals surface area contributed by atoms with E-state index in [1.165, 1.54) is 0 Å². The van der Waals surface area contributed by atoms with E-state index in [0.717, 1.165) is 0 Å². The zero-order valence-corrected chi connectivity index (χ0v) is 16.4. The van der Waals surface area contributed by atoms with Gasteiger partial charge in [0, 0.05) is 11.1 Å². The van der Waals surface area contributed by atoms with Gasteiger partial charge in [-0.25, -0.2) is 0 Å². The maximum absolute atomic E-state index is 5.87. The Morgan fingerprint density at radius 2 is 0.913 bits per heavy atom. The summed E-state index contributed by atoms with van der Waals surface area (Å²) in [6, 6.07) is 0. The van der Waals surface area contributed by atoms with Crippen LogP contribution in [0.1, 0.15) is 69.2 Å². The molecule has 23 heavy (non-hydrogen) atoms. The third kappa shape index (κ3) is 4.69. The van der Waals surface area contributed by atoms with Gasteiger partial charge in [-0.1, -0.05) is 41.5 Å². The molecule has 0 atom stereocenters. The average Bonchev–Trinajstić information content (AvgIpc) is 2.22. The van der Waals surface area contributed by atoms with Crippen LogP contribution in [0, 0.1) is 10.8 Å². The van der Waals surface area contributed by atoms with Crippen molar-refractivity contribution >= 4 is 17.8 Å². The van der Waals surface area contributed by atoms with E-state index in [1.807, 2.05) is 0 Å². The Kier molecular flexibility index (Phi) is 4.91. The number of anilines is 3. The lowest BCUT2D eigenvalue weighted by atomic mass is 9.76. The Balaban J connectivity index is 3.10. The molecule has 6 heteroatoms. The van der Waals surface area contributed by atoms with Crippen molar-refractivity contribution in [3.8, 4) is 0 Å². The molecule has 0 bridgehead atoms. The first kappa shape index (κ1) is 19.5. The van der Waals surface area contributed by atoms with Crippen molar-refractivity contribution < 1.29 is 0 Å². The SMILES string of the molecule is CC(C)(C)C(C)(C)Nc1nc(N)nc(NC(C)(C)C(C)(C)C)n1. The monoisotopic (exact) mass is 322 g/mol. The number of nitrogen functional groups attached to an aromatic ring is 1. The number of nitrogens with zero attached hydrogens (tertiary/aromatic N) is 3. The Morgan fingerprint density at radius 3 is 1.17 bits per heavy atom. The molecule has 0 saturated carbocycles. The maximum Gasteiger partial charge on any atom is 0.229 e. The predicted octanol–water partition coefficient (Wildman–Crippen LogP) is 3.93. The van der Waals surface area contributed by atoms with Crippen LogP contribution in [0.5, 0.6) is 0 Å². The lowest BCUT2D eigenvalue weighted by molar-refractivity contribution is 0.251. The van der Waals surface area contributed by atoms with Crippen LogP contribution in [-0.2, 0) is 0 Å². The number of hydrogen-bond acceptors (Lipinski definition) is 6. The van der Waals surface area contributed by atoms with Crippen LogP contribution in [0.25, 0.3) is 0 Å². The Labute approximate surface area is 141 Å². The minimum atomic E-state index is -0.197. The number of nitrogens with one attached hydrogen (secondary N) is 2. The van der Waals surface area contributed by atoms with E-state index in [2.05, 4.69) is 94.8 Å². The molecule has 1 aromatic rings. The van der Waals surface area contributed by atoms with Crippen LogP contribution in [0.3, 0.4) is 0 Å². The third-order valence-corrected chi connectivity index (χ3v) is 5.25. The van der Waals surface area contributed by atoms with Crippen LogP contribution in [0.2, 0.25) is 0 Å². The standard InChI is InChI=1S/C17H34N6/c1-14(2,3)16(7,8)22-12-19-11(18)20-13(21-12)23-17(9,10)15(4,5)6/h1-10H3,(H4,18,19,20,21,22,23). The van der Waals surface area contributed by atoms with Crippen molar-refractivity contribution in [2.75, 3.05) is 16.4 Å². The molecule has 0 amide bonds. The fourth-order valence-electron chi connectivity index (χ4n) is 1.44. The molecule has 6 nitrogen and oxygen atoms in total. The number of aromatic nitrogens is 3. The first-order valence-electron chi connectivity index (χ1n) is 8.13. The molecule has 1 heterocycles. The first-order chi connectivity index (χ1) is 10.1. The first-order valence-corrected chi connectivity index (χ1v) is 8.13. The second kappa shape index (κ2) is 5.80. The van der Waals surface area contributed by atoms with E-state index in [-0.39, 0.29) is 27.9 Å². The van der Waals surface area contributed by atoms with Crippen molar-refractivity contribution in [3.63, 3.8) is 0 Å². The zero-order valence-electron chi connectivity index (χ0n) is 16.4. The molecule has 0 unspecified atom stereocenters. The second-order valence-corrected chi connectivity index (χ2v) is 9.34. The quantitative estimate of drug-likeness (QED) is 0.778. The summed E-state index contributed by atoms with van der Waals surface area (Å²) >= 11 is 0. The molecule has 0 aliphatic carbocycles. The Bertz CT molecular complexity index is 503. The topological polar surface area (TPSA) is 88.8 Å². The van der Waals surface area contributed by atoms with Crippen LogP contribution in [0.4, 0.5) is 17.8 Å². The molecule has 0 spiro atoms. The number of nitrogens with two attached hydrogens (primary N) is 1. The normalized spacial score (nSPS) is 13.8. The van der Waals surface area contributed by atoms with Gasteiger partial charge < -0.3 is 16.4 Å². The van der Waals surface area contributed by atoms with Gasteiger partial charge in [-0.05, 0) is 38.5 Å². The molecule has 1 rings (SSSR count). The molecule has 1 aromatic heterocycles. The highest BCUT2D eigenvalue weighted by molar-refractivity contribution is 5.43. The van der Waals surface area contributed by atoms with Gasteiger partial charge in [0.2, 0.25) is 17.8 Å². The smallest absolute Gasteiger partial charge is 0.229 e. The van der Waals surface area contributed by atoms with Crippen molar-refractivity contribution in [3.05, 3.63) is 0 Å². The van der Waals surface area contributed by atoms with E-state index < -0.39 is 0 Å². The molecule has 0 fully saturated rings. The zero-order chi connectivity index (χ0) is 18.3. The largest absolute Gasteiger partial charge is 0.368 e. The molecular formula is C17H34N6. The van der Waals surface area contributed by atoms with Crippen LogP contribution in [-0.4, -0.2) is 26.0 Å². The summed E-state index contributed by atoms with van der Waals surface area (Å²) in [5.41, 5.74) is 5.55. The van der Waals surface area contributed by atoms with E-state index in [4.69, 9.17) is 5.73 Å². The van der Waals surface area contributed by atoms with Gasteiger partial charge in [-0.2, -0.15) is 15.0 Å². The minimum Gasteiger partial charge on any atom is -0.368 e. The highest BCUT2D eigenvalue weighted by Gasteiger charge is 2.35. The third-order valence-electron chi connectivity index (χ3n) is 5.25. The van der Waals surface area contributed by atoms with Gasteiger partial charge in [0.25, 0.3) is 0 Å². The van der Waals surface area contributed by atoms with Crippen LogP contribution in [0.15, 0.2) is 0 Å². The fraction of sp³-hybridized carbons (Fsp3) is 0.824. The molecule has 4 N–H and O–H groups in total. The van der Waals surface area contributed by atoms with Crippen molar-refractivity contribution in [2.45, 2.75) is 80.3 Å². The minimum absolute atomic E-state index is 0.0344. The summed E-state index contributed by atoms with van der Waals surface area (Å²) in [4.78, 5) is 13.0. The molecule has 132 valence electrons. The van der Waals surface area contributed by atoms with E-state index >= 15 is 0 Å². The lowest BCUT2D eigenvalue weighted by Gasteiger charge is -2.40. The number of rotatable bonds is 4. The Hall–Kier alpha value is -1.59. The van der Waals surface area contributed by atoms with Gasteiger partial charge in [0.15, 0.2) is 0 Å². The van der Waals surface area contributed by atoms with Gasteiger partial charge >= 0.3 is 0 Å². The van der Waals surface area contributed by atoms with Gasteiger partial charge in [-0.15, -0.1) is 0 Å². The van der Waals surface area contributed by atoms with Crippen molar-refractivity contribution in [1.29, 1.82) is 0 Å². The van der Waals surface area contributed by atoms with Gasteiger partial charge in [0.1, 0.15) is 0 Å². The molecular weight excluding hydrogens is 288 g/mol. The molecule has 0 aliphatic heterocycles. The van der Waals surface area contributed by atoms with Gasteiger partial charge in [0.05, 0.1) is 0 Å². The predicted molar refractivity (Wildman–Crippen MR) is 98.6 cm³/mol. The summed E-state index contributed by atoms with van der Waals surface area (Å²) in [6.45, 7) is 21.5. The number of hydrogen-bond donors (Lipinski definition) is 3. The maximum atomic E-state index is 5.87. The molecule has 0 saturated heterocycles. The summed E-state index contributed by atoms with van der Waals surface area (Å²) < 4.78 is 0. The van der Waals surface area contributed by atoms with Crippen LogP contribution >= 0.6 is 0 Å². The summed E-state index contributed by atoms with van der Waals surface area (Å²) in [5.74, 6) is 1.19. The lowest BCUT2D eigenvalue weighted by Crippen LogP contribution is -2.45. The second-order valence-electron chi connectivity index (χ2n) is 9.34. The molecule has 0 aromatic carbocycles. The van der Waals surface area contributed by atoms with Gasteiger partial charge in [-0.3, -0.25) is 0 Å². The highest BCUT2D eigenvalue weighted by atomic mass is 15.3. The average molecular weight is 323 g/mol. The molecule has 0 radical (unpaired) electrons. The molecule has 0 aliphatic rings. The van der Waals surface area contributed by atoms with Crippen molar-refractivity contribution in [2.24, 2.45) is 10.8 Å². The van der Waals surface area contributed by atoms with E-state index in [1.54, 1.807) is 0 Å². The summed E-state index contributed by atoms with van der Waals surface area (Å²) in [6.07, 6.45) is 0. The highest BCUT2D eigenvalue weighted by Crippen LogP contribution is 2.34. The fourth-order valence-corrected chi connectivity index (χ4v) is 1.44. The van der Waals surface area contributed by atoms with Crippen LogP contribution < -0.4 is 16.4 Å². The van der Waals surface area contributed by atoms with E-state index in [9.17, 15) is 0 Å². The Morgan fingerprint density at radius 1 is 0.609 bits per heavy atom. The van der Waals surface area contributed by atoms with E-state index in [0.29, 0.717) is 11.9 Å². The summed E-state index contributed by atoms with van der Waals surface area (Å²) in [5, 5.41) is 6.76. The summed E-state index contributed by atoms with van der Waals surface area (Å²) in [7, 11) is 0. The van der Waals surface area contributed by atoms with Crippen molar-refractivity contribution in [1.82, 2.24) is 15.0 Å².